The van der Waals surface area contributed by atoms with Crippen molar-refractivity contribution in [2.24, 2.45) is 0 Å². The van der Waals surface area contributed by atoms with Gasteiger partial charge >= 0.3 is 0 Å². The standard InChI is InChI=1S/C23H22FN3O2S/c1-13-7-16(5-6-17(13)24)11-27-12-21(29-4)20(28)10-23(27)26-18-9-22-19(8-14(18)2)25-15(3)30-22/h5-10,12,26H,11H2,1-4H3. The summed E-state index contributed by atoms with van der Waals surface area (Å²) in [6.45, 7) is 6.19. The molecular formula is C23H22FN3O2S. The average Bonchev–Trinajstić information content (AvgIpc) is 3.05. The molecule has 1 N–H and O–H groups in total. The van der Waals surface area contributed by atoms with Gasteiger partial charge in [0.2, 0.25) is 5.43 Å². The Morgan fingerprint density at radius 3 is 2.67 bits per heavy atom. The van der Waals surface area contributed by atoms with E-state index in [9.17, 15) is 9.18 Å². The molecule has 154 valence electrons. The monoisotopic (exact) mass is 423 g/mol. The van der Waals surface area contributed by atoms with E-state index in [4.69, 9.17) is 4.74 Å². The average molecular weight is 424 g/mol. The molecule has 0 aliphatic carbocycles. The molecule has 0 atom stereocenters. The highest BCUT2D eigenvalue weighted by molar-refractivity contribution is 7.18. The smallest absolute Gasteiger partial charge is 0.225 e. The first kappa shape index (κ1) is 20.1. The fourth-order valence-electron chi connectivity index (χ4n) is 3.41. The second kappa shape index (κ2) is 7.91. The van der Waals surface area contributed by atoms with Gasteiger partial charge in [-0.2, -0.15) is 0 Å². The molecule has 0 aliphatic rings. The van der Waals surface area contributed by atoms with E-state index in [-0.39, 0.29) is 17.0 Å². The Morgan fingerprint density at radius 2 is 1.93 bits per heavy atom. The van der Waals surface area contributed by atoms with E-state index in [1.807, 2.05) is 24.5 Å². The molecule has 5 nitrogen and oxygen atoms in total. The lowest BCUT2D eigenvalue weighted by atomic mass is 10.1. The molecule has 0 spiro atoms. The maximum absolute atomic E-state index is 13.7. The SMILES string of the molecule is COc1cn(Cc2ccc(F)c(C)c2)c(Nc2cc3sc(C)nc3cc2C)cc1=O. The van der Waals surface area contributed by atoms with E-state index in [0.29, 0.717) is 17.9 Å². The van der Waals surface area contributed by atoms with E-state index in [1.165, 1.54) is 19.2 Å². The molecule has 30 heavy (non-hydrogen) atoms. The number of benzene rings is 2. The van der Waals surface area contributed by atoms with E-state index in [0.717, 1.165) is 32.0 Å². The molecule has 2 heterocycles. The predicted molar refractivity (Wildman–Crippen MR) is 120 cm³/mol. The summed E-state index contributed by atoms with van der Waals surface area (Å²) in [6.07, 6.45) is 1.67. The van der Waals surface area contributed by atoms with Crippen molar-refractivity contribution in [2.75, 3.05) is 12.4 Å². The number of aryl methyl sites for hydroxylation is 3. The molecule has 2 aromatic heterocycles. The Morgan fingerprint density at radius 1 is 1.13 bits per heavy atom. The van der Waals surface area contributed by atoms with Gasteiger partial charge in [0.25, 0.3) is 0 Å². The van der Waals surface area contributed by atoms with Gasteiger partial charge in [-0.3, -0.25) is 4.79 Å². The normalized spacial score (nSPS) is 11.1. The van der Waals surface area contributed by atoms with E-state index in [2.05, 4.69) is 16.4 Å². The van der Waals surface area contributed by atoms with Gasteiger partial charge in [0, 0.05) is 18.3 Å². The topological polar surface area (TPSA) is 56.1 Å². The van der Waals surface area contributed by atoms with Crippen LogP contribution in [0.1, 0.15) is 21.7 Å². The summed E-state index contributed by atoms with van der Waals surface area (Å²) in [6, 6.07) is 10.6. The third-order valence-corrected chi connectivity index (χ3v) is 5.93. The summed E-state index contributed by atoms with van der Waals surface area (Å²) in [7, 11) is 1.47. The molecule has 0 saturated heterocycles. The number of fused-ring (bicyclic) bond motifs is 1. The number of pyridine rings is 1. The molecule has 0 aliphatic heterocycles. The van der Waals surface area contributed by atoms with Crippen LogP contribution in [0.25, 0.3) is 10.2 Å². The van der Waals surface area contributed by atoms with Crippen LogP contribution in [0.15, 0.2) is 47.4 Å². The van der Waals surface area contributed by atoms with Crippen LogP contribution in [-0.2, 0) is 6.54 Å². The maximum Gasteiger partial charge on any atom is 0.225 e. The van der Waals surface area contributed by atoms with Crippen LogP contribution < -0.4 is 15.5 Å². The highest BCUT2D eigenvalue weighted by Crippen LogP contribution is 2.30. The van der Waals surface area contributed by atoms with Crippen LogP contribution in [0.2, 0.25) is 0 Å². The Labute approximate surface area is 177 Å². The van der Waals surface area contributed by atoms with Gasteiger partial charge in [-0.15, -0.1) is 11.3 Å². The second-order valence-corrected chi connectivity index (χ2v) is 8.53. The zero-order chi connectivity index (χ0) is 21.4. The van der Waals surface area contributed by atoms with Gasteiger partial charge in [0.05, 0.1) is 28.5 Å². The van der Waals surface area contributed by atoms with Crippen LogP contribution >= 0.6 is 11.3 Å². The van der Waals surface area contributed by atoms with Crippen molar-refractivity contribution in [3.63, 3.8) is 0 Å². The number of hydrogen-bond donors (Lipinski definition) is 1. The molecule has 0 saturated carbocycles. The number of nitrogens with one attached hydrogen (secondary N) is 1. The summed E-state index contributed by atoms with van der Waals surface area (Å²) in [5, 5.41) is 4.40. The van der Waals surface area contributed by atoms with Crippen molar-refractivity contribution in [3.05, 3.63) is 80.3 Å². The number of anilines is 2. The van der Waals surface area contributed by atoms with Gasteiger partial charge in [-0.05, 0) is 55.7 Å². The first-order chi connectivity index (χ1) is 14.3. The zero-order valence-electron chi connectivity index (χ0n) is 17.2. The second-order valence-electron chi connectivity index (χ2n) is 7.30. The van der Waals surface area contributed by atoms with Crippen molar-refractivity contribution in [2.45, 2.75) is 27.3 Å². The Bertz CT molecular complexity index is 1310. The summed E-state index contributed by atoms with van der Waals surface area (Å²) in [4.78, 5) is 17.0. The van der Waals surface area contributed by atoms with Gasteiger partial charge in [-0.1, -0.05) is 12.1 Å². The number of halogens is 1. The van der Waals surface area contributed by atoms with Crippen molar-refractivity contribution in [1.29, 1.82) is 0 Å². The number of nitrogens with zero attached hydrogens (tertiary/aromatic N) is 2. The summed E-state index contributed by atoms with van der Waals surface area (Å²) in [5.41, 5.74) is 4.19. The molecule has 4 rings (SSSR count). The lowest BCUT2D eigenvalue weighted by molar-refractivity contribution is 0.406. The molecule has 0 amide bonds. The van der Waals surface area contributed by atoms with Gasteiger partial charge < -0.3 is 14.6 Å². The molecule has 0 unspecified atom stereocenters. The van der Waals surface area contributed by atoms with Crippen LogP contribution in [0, 0.1) is 26.6 Å². The zero-order valence-corrected chi connectivity index (χ0v) is 18.1. The third kappa shape index (κ3) is 3.93. The summed E-state index contributed by atoms with van der Waals surface area (Å²) in [5.74, 6) is 0.648. The van der Waals surface area contributed by atoms with Crippen LogP contribution in [0.3, 0.4) is 0 Å². The number of rotatable bonds is 5. The van der Waals surface area contributed by atoms with E-state index >= 15 is 0 Å². The van der Waals surface area contributed by atoms with Crippen molar-refractivity contribution in [1.82, 2.24) is 9.55 Å². The van der Waals surface area contributed by atoms with Gasteiger partial charge in [0.15, 0.2) is 5.75 Å². The van der Waals surface area contributed by atoms with Crippen LogP contribution in [0.4, 0.5) is 15.9 Å². The molecule has 4 aromatic rings. The minimum atomic E-state index is -0.238. The number of aromatic nitrogens is 2. The Kier molecular flexibility index (Phi) is 5.30. The Balaban J connectivity index is 1.76. The molecule has 0 fully saturated rings. The van der Waals surface area contributed by atoms with E-state index < -0.39 is 0 Å². The fourth-order valence-corrected chi connectivity index (χ4v) is 4.26. The van der Waals surface area contributed by atoms with Crippen LogP contribution in [-0.4, -0.2) is 16.7 Å². The van der Waals surface area contributed by atoms with Crippen molar-refractivity contribution >= 4 is 33.1 Å². The number of methoxy groups -OCH3 is 1. The fraction of sp³-hybridized carbons (Fsp3) is 0.217. The van der Waals surface area contributed by atoms with Crippen LogP contribution in [0.5, 0.6) is 5.75 Å². The minimum absolute atomic E-state index is 0.209. The molecule has 0 radical (unpaired) electrons. The third-order valence-electron chi connectivity index (χ3n) is 4.99. The molecule has 7 heteroatoms. The quantitative estimate of drug-likeness (QED) is 0.472. The molecular weight excluding hydrogens is 401 g/mol. The largest absolute Gasteiger partial charge is 0.491 e. The van der Waals surface area contributed by atoms with E-state index in [1.54, 1.807) is 36.6 Å². The molecule has 2 aromatic carbocycles. The minimum Gasteiger partial charge on any atom is -0.491 e. The highest BCUT2D eigenvalue weighted by atomic mass is 32.1. The number of hydrogen-bond acceptors (Lipinski definition) is 5. The lowest BCUT2D eigenvalue weighted by Gasteiger charge is -2.18. The first-order valence-electron chi connectivity index (χ1n) is 9.52. The lowest BCUT2D eigenvalue weighted by Crippen LogP contribution is -2.14. The van der Waals surface area contributed by atoms with Gasteiger partial charge in [0.1, 0.15) is 11.6 Å². The first-order valence-corrected chi connectivity index (χ1v) is 10.3. The van der Waals surface area contributed by atoms with Gasteiger partial charge in [-0.25, -0.2) is 9.37 Å². The van der Waals surface area contributed by atoms with Crippen molar-refractivity contribution in [3.8, 4) is 5.75 Å². The summed E-state index contributed by atoms with van der Waals surface area (Å²) < 4.78 is 21.9. The predicted octanol–water partition coefficient (Wildman–Crippen LogP) is 5.32. The summed E-state index contributed by atoms with van der Waals surface area (Å²) >= 11 is 1.63. The maximum atomic E-state index is 13.7. The van der Waals surface area contributed by atoms with Crippen molar-refractivity contribution < 1.29 is 9.13 Å². The number of thiazole rings is 1. The Hall–Kier alpha value is -3.19. The number of ether oxygens (including phenoxy) is 1. The molecule has 0 bridgehead atoms. The highest BCUT2D eigenvalue weighted by Gasteiger charge is 2.12.